The van der Waals surface area contributed by atoms with E-state index < -0.39 is 0 Å². The van der Waals surface area contributed by atoms with Crippen molar-refractivity contribution in [3.05, 3.63) is 35.6 Å². The van der Waals surface area contributed by atoms with E-state index in [1.54, 1.807) is 12.1 Å². The molecule has 1 aromatic carbocycles. The van der Waals surface area contributed by atoms with Crippen molar-refractivity contribution in [1.29, 1.82) is 0 Å². The topological polar surface area (TPSA) is 61.8 Å². The zero-order valence-electron chi connectivity index (χ0n) is 20.2. The summed E-state index contributed by atoms with van der Waals surface area (Å²) >= 11 is 8.42. The van der Waals surface area contributed by atoms with Crippen LogP contribution >= 0.6 is 25.3 Å². The molecule has 0 aromatic heterocycles. The second kappa shape index (κ2) is 17.1. The van der Waals surface area contributed by atoms with E-state index >= 15 is 0 Å². The van der Waals surface area contributed by atoms with E-state index in [1.807, 2.05) is 13.8 Å². The molecule has 1 amide bonds. The molecule has 0 aliphatic rings. The third kappa shape index (κ3) is 11.5. The second-order valence-electron chi connectivity index (χ2n) is 8.20. The molecule has 0 bridgehead atoms. The van der Waals surface area contributed by atoms with E-state index in [0.29, 0.717) is 44.0 Å². The Morgan fingerprint density at radius 2 is 1.79 bits per heavy atom. The first-order valence-electron chi connectivity index (χ1n) is 11.9. The summed E-state index contributed by atoms with van der Waals surface area (Å²) in [6.45, 7) is 9.00. The summed E-state index contributed by atoms with van der Waals surface area (Å²) in [5.41, 5.74) is 2.03. The smallest absolute Gasteiger partial charge is 0.234 e. The largest absolute Gasteiger partial charge is 0.354 e. The van der Waals surface area contributed by atoms with Crippen LogP contribution in [0.25, 0.3) is 0 Å². The molecular weight excluding hydrogens is 457 g/mol. The fraction of sp³-hybridized carbons (Fsp3) is 0.640. The van der Waals surface area contributed by atoms with Crippen molar-refractivity contribution in [3.63, 3.8) is 0 Å². The van der Waals surface area contributed by atoms with E-state index in [4.69, 9.17) is 4.99 Å². The molecule has 1 N–H and O–H groups in total. The molecule has 0 heterocycles. The lowest BCUT2D eigenvalue weighted by Gasteiger charge is -2.24. The summed E-state index contributed by atoms with van der Waals surface area (Å²) in [6, 6.07) is 6.47. The molecule has 0 fully saturated rings. The highest BCUT2D eigenvalue weighted by atomic mass is 32.1. The molecule has 0 radical (unpaired) electrons. The number of aliphatic imine (C=N–C) groups is 1. The monoisotopic (exact) mass is 497 g/mol. The maximum Gasteiger partial charge on any atom is 0.234 e. The molecule has 0 aliphatic carbocycles. The number of thiol groups is 2. The quantitative estimate of drug-likeness (QED) is 0.169. The number of ketones is 1. The first-order chi connectivity index (χ1) is 15.9. The summed E-state index contributed by atoms with van der Waals surface area (Å²) < 4.78 is 13.4. The molecule has 1 rings (SSSR count). The van der Waals surface area contributed by atoms with Crippen LogP contribution in [0.2, 0.25) is 0 Å². The third-order valence-electron chi connectivity index (χ3n) is 5.81. The fourth-order valence-electron chi connectivity index (χ4n) is 3.81. The van der Waals surface area contributed by atoms with Crippen LogP contribution in [-0.2, 0) is 9.59 Å². The van der Waals surface area contributed by atoms with Crippen molar-refractivity contribution in [2.45, 2.75) is 52.4 Å². The molecule has 5 nitrogen and oxygen atoms in total. The van der Waals surface area contributed by atoms with Crippen LogP contribution in [0.1, 0.15) is 57.9 Å². The number of hydrogen-bond donors (Lipinski definition) is 3. The van der Waals surface area contributed by atoms with Gasteiger partial charge in [-0.15, -0.1) is 0 Å². The summed E-state index contributed by atoms with van der Waals surface area (Å²) in [6.07, 6.45) is 2.81. The maximum atomic E-state index is 13.4. The normalized spacial score (nSPS) is 13.7. The van der Waals surface area contributed by atoms with E-state index in [1.165, 1.54) is 12.1 Å². The Hall–Kier alpha value is -1.38. The Balaban J connectivity index is 2.77. The average molecular weight is 498 g/mol. The van der Waals surface area contributed by atoms with Gasteiger partial charge < -0.3 is 5.32 Å². The molecule has 0 aliphatic heterocycles. The molecule has 8 heteroatoms. The van der Waals surface area contributed by atoms with Crippen molar-refractivity contribution < 1.29 is 14.0 Å². The summed E-state index contributed by atoms with van der Waals surface area (Å²) in [7, 11) is 0. The molecule has 186 valence electrons. The van der Waals surface area contributed by atoms with Gasteiger partial charge in [0.25, 0.3) is 0 Å². The van der Waals surface area contributed by atoms with Crippen LogP contribution in [-0.4, -0.2) is 66.5 Å². The van der Waals surface area contributed by atoms with Crippen LogP contribution in [0.4, 0.5) is 4.39 Å². The zero-order valence-corrected chi connectivity index (χ0v) is 22.0. The van der Waals surface area contributed by atoms with E-state index in [0.717, 1.165) is 37.2 Å². The highest BCUT2D eigenvalue weighted by molar-refractivity contribution is 7.80. The summed E-state index contributed by atoms with van der Waals surface area (Å²) in [5.74, 6) is 1.06. The van der Waals surface area contributed by atoms with Gasteiger partial charge in [0.05, 0.1) is 6.54 Å². The van der Waals surface area contributed by atoms with Gasteiger partial charge in [-0.05, 0) is 42.9 Å². The highest BCUT2D eigenvalue weighted by Crippen LogP contribution is 2.31. The van der Waals surface area contributed by atoms with Crippen molar-refractivity contribution in [3.8, 4) is 0 Å². The van der Waals surface area contributed by atoms with Gasteiger partial charge in [-0.25, -0.2) is 4.39 Å². The fourth-order valence-corrected chi connectivity index (χ4v) is 4.21. The molecular formula is C25H40FN3O2S2. The first kappa shape index (κ1) is 29.7. The zero-order chi connectivity index (χ0) is 24.6. The predicted molar refractivity (Wildman–Crippen MR) is 143 cm³/mol. The summed E-state index contributed by atoms with van der Waals surface area (Å²) in [4.78, 5) is 31.4. The minimum Gasteiger partial charge on any atom is -0.354 e. The number of benzene rings is 1. The van der Waals surface area contributed by atoms with Crippen molar-refractivity contribution in [1.82, 2.24) is 10.2 Å². The number of hydrogen-bond acceptors (Lipinski definition) is 6. The standard InChI is InChI=1S/C25H40FN3O2S2/c1-4-22(27-11-6-13-29(14-16-33)18-25(31)28-12-15-32)17-23(19(3)24(30)5-2)20-7-9-21(26)10-8-20/h7-10,19,23,32-33H,4-6,11-18H2,1-3H3,(H,28,31). The number of Topliss-reactive ketones (excluding diaryl/α,β-unsaturated/α-hetero) is 1. The van der Waals surface area contributed by atoms with Crippen molar-refractivity contribution in [2.24, 2.45) is 10.9 Å². The van der Waals surface area contributed by atoms with E-state index in [-0.39, 0.29) is 29.3 Å². The van der Waals surface area contributed by atoms with Crippen LogP contribution in [0.5, 0.6) is 0 Å². The number of rotatable bonds is 17. The lowest BCUT2D eigenvalue weighted by Crippen LogP contribution is -2.39. The molecule has 2 unspecified atom stereocenters. The van der Waals surface area contributed by atoms with Crippen LogP contribution in [0.3, 0.4) is 0 Å². The predicted octanol–water partition coefficient (Wildman–Crippen LogP) is 4.43. The highest BCUT2D eigenvalue weighted by Gasteiger charge is 2.25. The number of amides is 1. The average Bonchev–Trinajstić information content (AvgIpc) is 2.82. The van der Waals surface area contributed by atoms with Crippen LogP contribution < -0.4 is 5.32 Å². The summed E-state index contributed by atoms with van der Waals surface area (Å²) in [5, 5.41) is 2.84. The Morgan fingerprint density at radius 3 is 2.36 bits per heavy atom. The van der Waals surface area contributed by atoms with Gasteiger partial charge in [0, 0.05) is 55.7 Å². The van der Waals surface area contributed by atoms with Gasteiger partial charge in [0.2, 0.25) is 5.91 Å². The molecule has 1 aromatic rings. The van der Waals surface area contributed by atoms with Gasteiger partial charge >= 0.3 is 0 Å². The van der Waals surface area contributed by atoms with Crippen LogP contribution in [0, 0.1) is 11.7 Å². The number of nitrogens with zero attached hydrogens (tertiary/aromatic N) is 2. The number of halogens is 1. The van der Waals surface area contributed by atoms with Gasteiger partial charge in [-0.2, -0.15) is 25.3 Å². The van der Waals surface area contributed by atoms with Gasteiger partial charge in [-0.3, -0.25) is 19.5 Å². The Morgan fingerprint density at radius 1 is 1.09 bits per heavy atom. The van der Waals surface area contributed by atoms with E-state index in [2.05, 4.69) is 42.4 Å². The lowest BCUT2D eigenvalue weighted by atomic mass is 9.80. The second-order valence-corrected chi connectivity index (χ2v) is 9.09. The lowest BCUT2D eigenvalue weighted by molar-refractivity contribution is -0.123. The Bertz CT molecular complexity index is 744. The minimum atomic E-state index is -0.276. The third-order valence-corrected chi connectivity index (χ3v) is 6.23. The molecule has 33 heavy (non-hydrogen) atoms. The Labute approximate surface area is 209 Å². The molecule has 0 saturated carbocycles. The van der Waals surface area contributed by atoms with E-state index in [9.17, 15) is 14.0 Å². The van der Waals surface area contributed by atoms with Gasteiger partial charge in [0.1, 0.15) is 11.6 Å². The maximum absolute atomic E-state index is 13.4. The molecule has 0 spiro atoms. The molecule has 2 atom stereocenters. The van der Waals surface area contributed by atoms with Crippen molar-refractivity contribution >= 4 is 42.7 Å². The first-order valence-corrected chi connectivity index (χ1v) is 13.1. The number of nitrogens with one attached hydrogen (secondary N) is 1. The van der Waals surface area contributed by atoms with Gasteiger partial charge in [-0.1, -0.05) is 32.9 Å². The van der Waals surface area contributed by atoms with Crippen LogP contribution in [0.15, 0.2) is 29.3 Å². The number of carbonyl (C=O) groups is 2. The number of carbonyl (C=O) groups excluding carboxylic acids is 2. The minimum absolute atomic E-state index is 0.000278. The Kier molecular flexibility index (Phi) is 15.4. The SMILES string of the molecule is CCC(=O)C(C)C(CC(CC)=NCCCN(CCS)CC(=O)NCCS)c1ccc(F)cc1. The molecule has 0 saturated heterocycles. The van der Waals surface area contributed by atoms with Crippen molar-refractivity contribution in [2.75, 3.05) is 44.2 Å². The van der Waals surface area contributed by atoms with Gasteiger partial charge in [0.15, 0.2) is 0 Å².